The highest BCUT2D eigenvalue weighted by Crippen LogP contribution is 2.29. The van der Waals surface area contributed by atoms with Gasteiger partial charge in [0.1, 0.15) is 0 Å². The minimum atomic E-state index is 0.183. The molecule has 0 aliphatic heterocycles. The molecule has 1 aliphatic rings. The summed E-state index contributed by atoms with van der Waals surface area (Å²) in [6.45, 7) is 2.13. The number of hydrogen-bond donors (Lipinski definition) is 1. The number of aromatic nitrogens is 2. The molecule has 0 amide bonds. The van der Waals surface area contributed by atoms with Crippen LogP contribution < -0.4 is 5.32 Å². The molecular weight excluding hydrogens is 234 g/mol. The predicted octanol–water partition coefficient (Wildman–Crippen LogP) is 3.53. The van der Waals surface area contributed by atoms with E-state index in [4.69, 9.17) is 0 Å². The third-order valence-corrected chi connectivity index (χ3v) is 3.79. The maximum Gasteiger partial charge on any atom is 0.0806 e. The zero-order valence-corrected chi connectivity index (χ0v) is 11.3. The largest absolute Gasteiger partial charge is 0.377 e. The lowest BCUT2D eigenvalue weighted by atomic mass is 9.90. The van der Waals surface area contributed by atoms with Gasteiger partial charge >= 0.3 is 0 Å². The number of anilines is 1. The molecule has 0 saturated carbocycles. The first-order chi connectivity index (χ1) is 9.34. The van der Waals surface area contributed by atoms with Gasteiger partial charge in [-0.25, -0.2) is 0 Å². The van der Waals surface area contributed by atoms with E-state index in [2.05, 4.69) is 40.4 Å². The van der Waals surface area contributed by atoms with Crippen molar-refractivity contribution >= 4 is 5.69 Å². The van der Waals surface area contributed by atoms with Crippen LogP contribution in [0.4, 0.5) is 5.69 Å². The molecule has 0 saturated heterocycles. The molecule has 1 aromatic carbocycles. The van der Waals surface area contributed by atoms with Gasteiger partial charge in [-0.15, -0.1) is 0 Å². The second-order valence-electron chi connectivity index (χ2n) is 5.15. The summed E-state index contributed by atoms with van der Waals surface area (Å²) in [7, 11) is 0. The van der Waals surface area contributed by atoms with Gasteiger partial charge in [-0.2, -0.15) is 0 Å². The van der Waals surface area contributed by atoms with Crippen LogP contribution in [0, 0.1) is 0 Å². The van der Waals surface area contributed by atoms with Gasteiger partial charge < -0.3 is 5.32 Å². The zero-order valence-electron chi connectivity index (χ0n) is 11.3. The summed E-state index contributed by atoms with van der Waals surface area (Å²) in [6, 6.07) is 6.77. The van der Waals surface area contributed by atoms with Crippen molar-refractivity contribution in [2.75, 3.05) is 5.32 Å². The highest BCUT2D eigenvalue weighted by Gasteiger charge is 2.15. The van der Waals surface area contributed by atoms with Gasteiger partial charge in [-0.3, -0.25) is 9.97 Å². The Hall–Kier alpha value is -1.90. The summed E-state index contributed by atoms with van der Waals surface area (Å²) in [4.78, 5) is 8.49. The third-order valence-electron chi connectivity index (χ3n) is 3.79. The highest BCUT2D eigenvalue weighted by atomic mass is 14.9. The van der Waals surface area contributed by atoms with Crippen LogP contribution in [0.1, 0.15) is 42.6 Å². The molecule has 1 aromatic heterocycles. The first kappa shape index (κ1) is 12.2. The number of benzene rings is 1. The third kappa shape index (κ3) is 2.60. The van der Waals surface area contributed by atoms with Crippen molar-refractivity contribution in [1.82, 2.24) is 9.97 Å². The van der Waals surface area contributed by atoms with Crippen molar-refractivity contribution in [3.63, 3.8) is 0 Å². The van der Waals surface area contributed by atoms with E-state index in [1.54, 1.807) is 12.4 Å². The normalized spacial score (nSPS) is 15.6. The second kappa shape index (κ2) is 5.39. The molecule has 0 radical (unpaired) electrons. The molecule has 2 aromatic rings. The molecule has 19 heavy (non-hydrogen) atoms. The van der Waals surface area contributed by atoms with Gasteiger partial charge in [0.25, 0.3) is 0 Å². The molecule has 0 fully saturated rings. The Labute approximate surface area is 114 Å². The van der Waals surface area contributed by atoms with E-state index in [0.717, 1.165) is 5.69 Å². The van der Waals surface area contributed by atoms with Gasteiger partial charge in [0.2, 0.25) is 0 Å². The number of nitrogens with one attached hydrogen (secondary N) is 1. The predicted molar refractivity (Wildman–Crippen MR) is 77.2 cm³/mol. The summed E-state index contributed by atoms with van der Waals surface area (Å²) in [5.41, 5.74) is 5.23. The van der Waals surface area contributed by atoms with Crippen LogP contribution in [-0.4, -0.2) is 9.97 Å². The fraction of sp³-hybridized carbons (Fsp3) is 0.375. The zero-order chi connectivity index (χ0) is 13.1. The molecule has 1 unspecified atom stereocenters. The van der Waals surface area contributed by atoms with Crippen molar-refractivity contribution < 1.29 is 0 Å². The van der Waals surface area contributed by atoms with Crippen molar-refractivity contribution in [1.29, 1.82) is 0 Å². The van der Waals surface area contributed by atoms with E-state index < -0.39 is 0 Å². The Morgan fingerprint density at radius 3 is 2.89 bits per heavy atom. The number of nitrogens with zero attached hydrogens (tertiary/aromatic N) is 2. The van der Waals surface area contributed by atoms with Crippen LogP contribution in [0.5, 0.6) is 0 Å². The average molecular weight is 253 g/mol. The van der Waals surface area contributed by atoms with Gasteiger partial charge in [0.05, 0.1) is 17.9 Å². The molecule has 1 heterocycles. The summed E-state index contributed by atoms with van der Waals surface area (Å²) in [5.74, 6) is 0. The Balaban J connectivity index is 1.84. The Bertz CT molecular complexity index is 551. The van der Waals surface area contributed by atoms with E-state index in [9.17, 15) is 0 Å². The van der Waals surface area contributed by atoms with E-state index in [0.29, 0.717) is 0 Å². The molecule has 3 heteroatoms. The lowest BCUT2D eigenvalue weighted by molar-refractivity contribution is 0.684. The first-order valence-electron chi connectivity index (χ1n) is 6.98. The molecule has 0 bridgehead atoms. The fourth-order valence-corrected chi connectivity index (χ4v) is 2.76. The average Bonchev–Trinajstić information content (AvgIpc) is 2.48. The van der Waals surface area contributed by atoms with Gasteiger partial charge in [-0.1, -0.05) is 12.1 Å². The van der Waals surface area contributed by atoms with Crippen LogP contribution in [0.15, 0.2) is 36.8 Å². The molecule has 3 rings (SSSR count). The SMILES string of the molecule is CC(Nc1cccc2c1CCCC2)c1cnccn1. The fourth-order valence-electron chi connectivity index (χ4n) is 2.76. The Morgan fingerprint density at radius 1 is 1.16 bits per heavy atom. The molecule has 1 N–H and O–H groups in total. The summed E-state index contributed by atoms with van der Waals surface area (Å²) >= 11 is 0. The standard InChI is InChI=1S/C16H19N3/c1-12(16-11-17-9-10-18-16)19-15-8-4-6-13-5-2-3-7-14(13)15/h4,6,8-12,19H,2-3,5,7H2,1H3. The number of fused-ring (bicyclic) bond motifs is 1. The minimum Gasteiger partial charge on any atom is -0.377 e. The van der Waals surface area contributed by atoms with Crippen LogP contribution in [0.25, 0.3) is 0 Å². The van der Waals surface area contributed by atoms with Crippen LogP contribution in [0.3, 0.4) is 0 Å². The number of rotatable bonds is 3. The first-order valence-corrected chi connectivity index (χ1v) is 6.98. The number of hydrogen-bond acceptors (Lipinski definition) is 3. The molecular formula is C16H19N3. The highest BCUT2D eigenvalue weighted by molar-refractivity contribution is 5.56. The van der Waals surface area contributed by atoms with Gasteiger partial charge in [0.15, 0.2) is 0 Å². The van der Waals surface area contributed by atoms with E-state index >= 15 is 0 Å². The van der Waals surface area contributed by atoms with Crippen molar-refractivity contribution in [3.8, 4) is 0 Å². The maximum absolute atomic E-state index is 4.36. The van der Waals surface area contributed by atoms with Crippen LogP contribution in [0.2, 0.25) is 0 Å². The smallest absolute Gasteiger partial charge is 0.0806 e. The lowest BCUT2D eigenvalue weighted by Crippen LogP contribution is -2.12. The topological polar surface area (TPSA) is 37.8 Å². The molecule has 1 atom stereocenters. The maximum atomic E-state index is 4.36. The molecule has 1 aliphatic carbocycles. The summed E-state index contributed by atoms with van der Waals surface area (Å²) in [6.07, 6.45) is 10.3. The van der Waals surface area contributed by atoms with Crippen molar-refractivity contribution in [2.45, 2.75) is 38.6 Å². The summed E-state index contributed by atoms with van der Waals surface area (Å²) < 4.78 is 0. The minimum absolute atomic E-state index is 0.183. The monoisotopic (exact) mass is 253 g/mol. The quantitative estimate of drug-likeness (QED) is 0.909. The van der Waals surface area contributed by atoms with E-state index in [1.807, 2.05) is 6.20 Å². The Kier molecular flexibility index (Phi) is 3.45. The molecule has 3 nitrogen and oxygen atoms in total. The second-order valence-corrected chi connectivity index (χ2v) is 5.15. The summed E-state index contributed by atoms with van der Waals surface area (Å²) in [5, 5.41) is 3.58. The van der Waals surface area contributed by atoms with E-state index in [-0.39, 0.29) is 6.04 Å². The van der Waals surface area contributed by atoms with Gasteiger partial charge in [0, 0.05) is 18.1 Å². The molecule has 0 spiro atoms. The van der Waals surface area contributed by atoms with Crippen molar-refractivity contribution in [3.05, 3.63) is 53.6 Å². The van der Waals surface area contributed by atoms with E-state index in [1.165, 1.54) is 42.5 Å². The van der Waals surface area contributed by atoms with Crippen molar-refractivity contribution in [2.24, 2.45) is 0 Å². The lowest BCUT2D eigenvalue weighted by Gasteiger charge is -2.22. The number of aryl methyl sites for hydroxylation is 1. The molecule has 98 valence electrons. The van der Waals surface area contributed by atoms with Crippen LogP contribution in [-0.2, 0) is 12.8 Å². The van der Waals surface area contributed by atoms with Crippen LogP contribution >= 0.6 is 0 Å². The Morgan fingerprint density at radius 2 is 2.05 bits per heavy atom. The van der Waals surface area contributed by atoms with Gasteiger partial charge in [-0.05, 0) is 49.8 Å².